The van der Waals surface area contributed by atoms with Gasteiger partial charge in [0.1, 0.15) is 5.69 Å². The van der Waals surface area contributed by atoms with Crippen LogP contribution in [-0.2, 0) is 13.2 Å². The van der Waals surface area contributed by atoms with Crippen LogP contribution in [0.2, 0.25) is 0 Å². The number of carbonyl (C=O) groups is 1. The van der Waals surface area contributed by atoms with Gasteiger partial charge < -0.3 is 9.88 Å². The van der Waals surface area contributed by atoms with Gasteiger partial charge in [-0.1, -0.05) is 39.0 Å². The molecule has 1 N–H and O–H groups in total. The van der Waals surface area contributed by atoms with Crippen LogP contribution in [0, 0.1) is 5.92 Å². The molecule has 25 heavy (non-hydrogen) atoms. The highest BCUT2D eigenvalue weighted by atomic mass is 19.4. The summed E-state index contributed by atoms with van der Waals surface area (Å²) in [7, 11) is 1.28. The molecule has 3 nitrogen and oxygen atoms in total. The zero-order chi connectivity index (χ0) is 18.8. The Labute approximate surface area is 145 Å². The molecule has 0 fully saturated rings. The minimum atomic E-state index is -4.59. The first-order valence-corrected chi connectivity index (χ1v) is 8.24. The van der Waals surface area contributed by atoms with Crippen molar-refractivity contribution in [3.63, 3.8) is 0 Å². The second-order valence-electron chi connectivity index (χ2n) is 6.76. The van der Waals surface area contributed by atoms with Crippen LogP contribution in [0.4, 0.5) is 18.9 Å². The first kappa shape index (κ1) is 19.1. The predicted octanol–water partition coefficient (Wildman–Crippen LogP) is 5.45. The largest absolute Gasteiger partial charge is 0.432 e. The summed E-state index contributed by atoms with van der Waals surface area (Å²) in [5.74, 6) is -0.0869. The minimum absolute atomic E-state index is 0.189. The zero-order valence-corrected chi connectivity index (χ0v) is 14.8. The van der Waals surface area contributed by atoms with E-state index in [9.17, 15) is 18.0 Å². The monoisotopic (exact) mass is 352 g/mol. The van der Waals surface area contributed by atoms with Gasteiger partial charge in [-0.15, -0.1) is 0 Å². The lowest BCUT2D eigenvalue weighted by Crippen LogP contribution is -2.20. The second-order valence-corrected chi connectivity index (χ2v) is 6.76. The second kappa shape index (κ2) is 7.33. The summed E-state index contributed by atoms with van der Waals surface area (Å²) in [5.41, 5.74) is 0.158. The number of anilines is 1. The maximum absolute atomic E-state index is 13.2. The molecule has 0 aliphatic carbocycles. The Morgan fingerprint density at radius 3 is 2.40 bits per heavy atom. The van der Waals surface area contributed by atoms with Gasteiger partial charge in [-0.3, -0.25) is 4.79 Å². The van der Waals surface area contributed by atoms with E-state index in [0.717, 1.165) is 16.6 Å². The lowest BCUT2D eigenvalue weighted by Gasteiger charge is -2.19. The minimum Gasteiger partial charge on any atom is -0.346 e. The van der Waals surface area contributed by atoms with Gasteiger partial charge in [0, 0.05) is 18.9 Å². The average Bonchev–Trinajstić information content (AvgIpc) is 2.89. The number of alkyl halides is 3. The molecule has 1 aromatic heterocycles. The number of benzene rings is 1. The fourth-order valence-corrected chi connectivity index (χ4v) is 3.13. The van der Waals surface area contributed by atoms with E-state index < -0.39 is 17.8 Å². The summed E-state index contributed by atoms with van der Waals surface area (Å²) in [6, 6.07) is 8.44. The molecule has 2 rings (SSSR count). The van der Waals surface area contributed by atoms with Gasteiger partial charge in [0.15, 0.2) is 0 Å². The van der Waals surface area contributed by atoms with Crippen molar-refractivity contribution in [3.05, 3.63) is 53.3 Å². The molecule has 0 saturated heterocycles. The van der Waals surface area contributed by atoms with Crippen LogP contribution in [-0.4, -0.2) is 10.5 Å². The molecule has 0 radical (unpaired) electrons. The fourth-order valence-electron chi connectivity index (χ4n) is 3.13. The van der Waals surface area contributed by atoms with E-state index in [1.165, 1.54) is 19.3 Å². The van der Waals surface area contributed by atoms with E-state index in [0.29, 0.717) is 11.6 Å². The predicted molar refractivity (Wildman–Crippen MR) is 92.7 cm³/mol. The summed E-state index contributed by atoms with van der Waals surface area (Å²) in [6.45, 7) is 6.27. The first-order chi connectivity index (χ1) is 11.6. The van der Waals surface area contributed by atoms with Crippen LogP contribution in [0.1, 0.15) is 54.7 Å². The van der Waals surface area contributed by atoms with Gasteiger partial charge in [-0.2, -0.15) is 13.2 Å². The summed E-state index contributed by atoms with van der Waals surface area (Å²) in [6.07, 6.45) is -2.42. The summed E-state index contributed by atoms with van der Waals surface area (Å²) in [5, 5.41) is 2.65. The molecule has 0 spiro atoms. The van der Waals surface area contributed by atoms with Crippen molar-refractivity contribution in [2.75, 3.05) is 5.32 Å². The van der Waals surface area contributed by atoms with Gasteiger partial charge in [0.2, 0.25) is 0 Å². The SMILES string of the molecule is CC(C)CC(C)c1ccccc1NC(=O)c1ccn(C)c1C(F)(F)F. The highest BCUT2D eigenvalue weighted by Crippen LogP contribution is 2.34. The highest BCUT2D eigenvalue weighted by molar-refractivity contribution is 6.05. The van der Waals surface area contributed by atoms with E-state index in [-0.39, 0.29) is 11.5 Å². The number of halogens is 3. The maximum atomic E-state index is 13.2. The fraction of sp³-hybridized carbons (Fsp3) is 0.421. The van der Waals surface area contributed by atoms with Crippen LogP contribution < -0.4 is 5.32 Å². The molecule has 0 bridgehead atoms. The third-order valence-electron chi connectivity index (χ3n) is 4.15. The third-order valence-corrected chi connectivity index (χ3v) is 4.15. The lowest BCUT2D eigenvalue weighted by molar-refractivity contribution is -0.143. The van der Waals surface area contributed by atoms with E-state index >= 15 is 0 Å². The summed E-state index contributed by atoms with van der Waals surface area (Å²) >= 11 is 0. The Morgan fingerprint density at radius 2 is 1.80 bits per heavy atom. The topological polar surface area (TPSA) is 34.0 Å². The van der Waals surface area contributed by atoms with Gasteiger partial charge in [0.05, 0.1) is 5.56 Å². The van der Waals surface area contributed by atoms with E-state index in [1.54, 1.807) is 12.1 Å². The Hall–Kier alpha value is -2.24. The van der Waals surface area contributed by atoms with Crippen LogP contribution in [0.15, 0.2) is 36.5 Å². The van der Waals surface area contributed by atoms with Crippen molar-refractivity contribution in [1.82, 2.24) is 4.57 Å². The van der Waals surface area contributed by atoms with Gasteiger partial charge >= 0.3 is 6.18 Å². The number of nitrogens with zero attached hydrogens (tertiary/aromatic N) is 1. The van der Waals surface area contributed by atoms with Crippen LogP contribution in [0.3, 0.4) is 0 Å². The number of carbonyl (C=O) groups excluding carboxylic acids is 1. The molecule has 2 aromatic rings. The Balaban J connectivity index is 2.31. The van der Waals surface area contributed by atoms with Crippen molar-refractivity contribution in [1.29, 1.82) is 0 Å². The number of amides is 1. The number of hydrogen-bond donors (Lipinski definition) is 1. The van der Waals surface area contributed by atoms with Gasteiger partial charge in [-0.25, -0.2) is 0 Å². The van der Waals surface area contributed by atoms with Crippen molar-refractivity contribution >= 4 is 11.6 Å². The quantitative estimate of drug-likeness (QED) is 0.763. The van der Waals surface area contributed by atoms with E-state index in [2.05, 4.69) is 26.1 Å². The van der Waals surface area contributed by atoms with Crippen LogP contribution in [0.25, 0.3) is 0 Å². The summed E-state index contributed by atoms with van der Waals surface area (Å²) in [4.78, 5) is 12.5. The number of nitrogens with one attached hydrogen (secondary N) is 1. The average molecular weight is 352 g/mol. The van der Waals surface area contributed by atoms with Crippen LogP contribution in [0.5, 0.6) is 0 Å². The Kier molecular flexibility index (Phi) is 5.60. The molecular formula is C19H23F3N2O. The Bertz CT molecular complexity index is 747. The first-order valence-electron chi connectivity index (χ1n) is 8.24. The summed E-state index contributed by atoms with van der Waals surface area (Å²) < 4.78 is 40.5. The molecule has 1 heterocycles. The lowest BCUT2D eigenvalue weighted by atomic mass is 9.91. The molecule has 0 aliphatic rings. The smallest absolute Gasteiger partial charge is 0.346 e. The number of aryl methyl sites for hydroxylation is 1. The molecule has 0 aliphatic heterocycles. The van der Waals surface area contributed by atoms with Gasteiger partial charge in [-0.05, 0) is 36.0 Å². The molecule has 0 saturated carbocycles. The molecule has 1 unspecified atom stereocenters. The van der Waals surface area contributed by atoms with Crippen molar-refractivity contribution < 1.29 is 18.0 Å². The third kappa shape index (κ3) is 4.44. The van der Waals surface area contributed by atoms with Crippen molar-refractivity contribution in [2.45, 2.75) is 39.3 Å². The number of aromatic nitrogens is 1. The highest BCUT2D eigenvalue weighted by Gasteiger charge is 2.38. The van der Waals surface area contributed by atoms with Crippen molar-refractivity contribution in [3.8, 4) is 0 Å². The number of para-hydroxylation sites is 1. The zero-order valence-electron chi connectivity index (χ0n) is 14.8. The Morgan fingerprint density at radius 1 is 1.16 bits per heavy atom. The number of hydrogen-bond acceptors (Lipinski definition) is 1. The molecular weight excluding hydrogens is 329 g/mol. The van der Waals surface area contributed by atoms with Crippen LogP contribution >= 0.6 is 0 Å². The maximum Gasteiger partial charge on any atom is 0.432 e. The normalized spacial score (nSPS) is 13.1. The standard InChI is InChI=1S/C19H23F3N2O/c1-12(2)11-13(3)14-7-5-6-8-16(14)23-18(25)15-9-10-24(4)17(15)19(20,21)22/h5-10,12-13H,11H2,1-4H3,(H,23,25). The number of rotatable bonds is 5. The van der Waals surface area contributed by atoms with Gasteiger partial charge in [0.25, 0.3) is 5.91 Å². The molecule has 1 atom stereocenters. The van der Waals surface area contributed by atoms with E-state index in [1.807, 2.05) is 12.1 Å². The molecule has 136 valence electrons. The molecule has 1 aromatic carbocycles. The molecule has 6 heteroatoms. The molecule has 1 amide bonds. The van der Waals surface area contributed by atoms with E-state index in [4.69, 9.17) is 0 Å². The van der Waals surface area contributed by atoms with Crippen molar-refractivity contribution in [2.24, 2.45) is 13.0 Å².